The number of aromatic carboxylic acids is 1. The minimum Gasteiger partial charge on any atom is -0.478 e. The second-order valence-corrected chi connectivity index (χ2v) is 4.38. The zero-order chi connectivity index (χ0) is 16.0. The Kier molecular flexibility index (Phi) is 5.57. The van der Waals surface area contributed by atoms with Gasteiger partial charge in [0.15, 0.2) is 0 Å². The smallest absolute Gasteiger partial charge is 0.389 e. The third-order valence-corrected chi connectivity index (χ3v) is 2.73. The van der Waals surface area contributed by atoms with Gasteiger partial charge in [-0.3, -0.25) is 0 Å². The topological polar surface area (TPSA) is 78.4 Å². The summed E-state index contributed by atoms with van der Waals surface area (Å²) in [7, 11) is 0. The molecule has 1 aromatic rings. The third kappa shape index (κ3) is 5.72. The molecule has 0 bridgehead atoms. The van der Waals surface area contributed by atoms with E-state index in [0.717, 1.165) is 0 Å². The lowest BCUT2D eigenvalue weighted by Gasteiger charge is -2.12. The Morgan fingerprint density at radius 3 is 2.52 bits per heavy atom. The molecule has 0 spiro atoms. The largest absolute Gasteiger partial charge is 0.478 e. The number of benzene rings is 1. The summed E-state index contributed by atoms with van der Waals surface area (Å²) >= 11 is 0. The van der Waals surface area contributed by atoms with Gasteiger partial charge in [-0.05, 0) is 31.0 Å². The summed E-state index contributed by atoms with van der Waals surface area (Å²) in [5.74, 6) is -1.12. The van der Waals surface area contributed by atoms with Crippen molar-refractivity contribution >= 4 is 17.7 Å². The fourth-order valence-corrected chi connectivity index (χ4v) is 1.66. The van der Waals surface area contributed by atoms with Crippen molar-refractivity contribution in [1.82, 2.24) is 5.32 Å². The van der Waals surface area contributed by atoms with Crippen molar-refractivity contribution in [2.24, 2.45) is 0 Å². The van der Waals surface area contributed by atoms with E-state index >= 15 is 0 Å². The van der Waals surface area contributed by atoms with Gasteiger partial charge in [-0.1, -0.05) is 6.07 Å². The summed E-state index contributed by atoms with van der Waals surface area (Å²) in [6.45, 7) is 1.41. The lowest BCUT2D eigenvalue weighted by molar-refractivity contribution is -0.135. The molecule has 2 amide bonds. The lowest BCUT2D eigenvalue weighted by atomic mass is 10.1. The molecule has 1 aromatic carbocycles. The van der Waals surface area contributed by atoms with Crippen molar-refractivity contribution in [3.63, 3.8) is 0 Å². The predicted molar refractivity (Wildman–Crippen MR) is 70.4 cm³/mol. The van der Waals surface area contributed by atoms with Gasteiger partial charge >= 0.3 is 18.2 Å². The number of urea groups is 1. The van der Waals surface area contributed by atoms with Crippen molar-refractivity contribution in [3.8, 4) is 0 Å². The van der Waals surface area contributed by atoms with Crippen LogP contribution in [0.15, 0.2) is 18.2 Å². The summed E-state index contributed by atoms with van der Waals surface area (Å²) < 4.78 is 35.7. The predicted octanol–water partition coefficient (Wildman–Crippen LogP) is 3.16. The highest BCUT2D eigenvalue weighted by molar-refractivity contribution is 5.95. The molecule has 0 atom stereocenters. The molecule has 0 fully saturated rings. The zero-order valence-corrected chi connectivity index (χ0v) is 11.3. The summed E-state index contributed by atoms with van der Waals surface area (Å²) in [6.07, 6.45) is -5.43. The van der Waals surface area contributed by atoms with Gasteiger partial charge in [-0.2, -0.15) is 13.2 Å². The summed E-state index contributed by atoms with van der Waals surface area (Å²) in [4.78, 5) is 22.4. The first kappa shape index (κ1) is 16.8. The van der Waals surface area contributed by atoms with Crippen molar-refractivity contribution in [2.45, 2.75) is 25.9 Å². The van der Waals surface area contributed by atoms with Gasteiger partial charge in [0, 0.05) is 18.7 Å². The number of anilines is 1. The van der Waals surface area contributed by atoms with Gasteiger partial charge < -0.3 is 15.7 Å². The number of nitrogens with one attached hydrogen (secondary N) is 2. The van der Waals surface area contributed by atoms with E-state index in [9.17, 15) is 22.8 Å². The fourth-order valence-electron chi connectivity index (χ4n) is 1.66. The molecule has 0 saturated heterocycles. The van der Waals surface area contributed by atoms with Gasteiger partial charge in [0.25, 0.3) is 0 Å². The average molecular weight is 304 g/mol. The summed E-state index contributed by atoms with van der Waals surface area (Å²) in [5.41, 5.74) is 0.712. The van der Waals surface area contributed by atoms with Crippen LogP contribution in [-0.2, 0) is 0 Å². The van der Waals surface area contributed by atoms with Crippen LogP contribution >= 0.6 is 0 Å². The monoisotopic (exact) mass is 304 g/mol. The van der Waals surface area contributed by atoms with Gasteiger partial charge in [0.05, 0.1) is 5.56 Å². The van der Waals surface area contributed by atoms with Crippen molar-refractivity contribution in [3.05, 3.63) is 29.3 Å². The molecule has 3 N–H and O–H groups in total. The molecule has 0 aromatic heterocycles. The van der Waals surface area contributed by atoms with Gasteiger partial charge in [-0.25, -0.2) is 9.59 Å². The number of carbonyl (C=O) groups is 2. The maximum Gasteiger partial charge on any atom is 0.389 e. The Bertz CT molecular complexity index is 530. The second kappa shape index (κ2) is 6.96. The van der Waals surface area contributed by atoms with Crippen molar-refractivity contribution in [2.75, 3.05) is 11.9 Å². The molecule has 0 saturated carbocycles. The maximum atomic E-state index is 11.9. The van der Waals surface area contributed by atoms with Gasteiger partial charge in [0.2, 0.25) is 0 Å². The molecule has 0 unspecified atom stereocenters. The van der Waals surface area contributed by atoms with Crippen LogP contribution in [0.5, 0.6) is 0 Å². The second-order valence-electron chi connectivity index (χ2n) is 4.38. The highest BCUT2D eigenvalue weighted by Crippen LogP contribution is 2.21. The minimum atomic E-state index is -4.25. The van der Waals surface area contributed by atoms with E-state index in [1.54, 1.807) is 0 Å². The Hall–Kier alpha value is -2.25. The number of alkyl halides is 3. The van der Waals surface area contributed by atoms with E-state index < -0.39 is 24.6 Å². The van der Waals surface area contributed by atoms with Gasteiger partial charge in [0.1, 0.15) is 0 Å². The molecule has 0 radical (unpaired) electrons. The summed E-state index contributed by atoms with van der Waals surface area (Å²) in [6, 6.07) is 3.69. The van der Waals surface area contributed by atoms with Crippen molar-refractivity contribution in [1.29, 1.82) is 0 Å². The average Bonchev–Trinajstić information content (AvgIpc) is 2.36. The van der Waals surface area contributed by atoms with Crippen LogP contribution in [-0.4, -0.2) is 29.8 Å². The molecular formula is C13H15F3N2O3. The standard InChI is InChI=1S/C13H15F3N2O3/c1-8-9(11(19)20)4-2-5-10(8)18-12(21)17-7-3-6-13(14,15)16/h2,4-5H,3,6-7H2,1H3,(H,19,20)(H2,17,18,21). The Morgan fingerprint density at radius 1 is 1.29 bits per heavy atom. The molecule has 0 aliphatic heterocycles. The number of hydrogen-bond donors (Lipinski definition) is 3. The Labute approximate surface area is 119 Å². The zero-order valence-electron chi connectivity index (χ0n) is 11.3. The Balaban J connectivity index is 2.52. The quantitative estimate of drug-likeness (QED) is 0.731. The molecule has 5 nitrogen and oxygen atoms in total. The molecule has 8 heteroatoms. The van der Waals surface area contributed by atoms with E-state index in [-0.39, 0.29) is 18.5 Å². The first-order valence-electron chi connectivity index (χ1n) is 6.15. The van der Waals surface area contributed by atoms with Crippen LogP contribution in [0.4, 0.5) is 23.7 Å². The number of carbonyl (C=O) groups excluding carboxylic acids is 1. The Morgan fingerprint density at radius 2 is 1.95 bits per heavy atom. The molecule has 0 aliphatic carbocycles. The molecular weight excluding hydrogens is 289 g/mol. The van der Waals surface area contributed by atoms with Crippen LogP contribution in [0.2, 0.25) is 0 Å². The normalized spacial score (nSPS) is 11.0. The maximum absolute atomic E-state index is 11.9. The van der Waals surface area contributed by atoms with Crippen molar-refractivity contribution < 1.29 is 27.9 Å². The van der Waals surface area contributed by atoms with E-state index in [4.69, 9.17) is 5.11 Å². The fraction of sp³-hybridized carbons (Fsp3) is 0.385. The minimum absolute atomic E-state index is 0.0462. The third-order valence-electron chi connectivity index (χ3n) is 2.73. The molecule has 1 rings (SSSR count). The first-order chi connectivity index (χ1) is 9.70. The highest BCUT2D eigenvalue weighted by atomic mass is 19.4. The molecule has 21 heavy (non-hydrogen) atoms. The molecule has 116 valence electrons. The van der Waals surface area contributed by atoms with Crippen LogP contribution in [0, 0.1) is 6.92 Å². The number of amides is 2. The van der Waals surface area contributed by atoms with Gasteiger partial charge in [-0.15, -0.1) is 0 Å². The van der Waals surface area contributed by atoms with Crippen LogP contribution < -0.4 is 10.6 Å². The molecule has 0 heterocycles. The number of halogens is 3. The van der Waals surface area contributed by atoms with Crippen LogP contribution in [0.3, 0.4) is 0 Å². The van der Waals surface area contributed by atoms with E-state index in [1.165, 1.54) is 25.1 Å². The van der Waals surface area contributed by atoms with Crippen LogP contribution in [0.1, 0.15) is 28.8 Å². The number of carboxylic acids is 1. The van der Waals surface area contributed by atoms with Crippen LogP contribution in [0.25, 0.3) is 0 Å². The van der Waals surface area contributed by atoms with E-state index in [0.29, 0.717) is 11.3 Å². The summed E-state index contributed by atoms with van der Waals surface area (Å²) in [5, 5.41) is 13.6. The SMILES string of the molecule is Cc1c(NC(=O)NCCCC(F)(F)F)cccc1C(=O)O. The highest BCUT2D eigenvalue weighted by Gasteiger charge is 2.26. The number of rotatable bonds is 5. The lowest BCUT2D eigenvalue weighted by Crippen LogP contribution is -2.30. The van der Waals surface area contributed by atoms with E-state index in [2.05, 4.69) is 10.6 Å². The molecule has 0 aliphatic rings. The first-order valence-corrected chi connectivity index (χ1v) is 6.15. The van der Waals surface area contributed by atoms with E-state index in [1.807, 2.05) is 0 Å². The number of carboxylic acid groups (broad SMARTS) is 1. The number of hydrogen-bond acceptors (Lipinski definition) is 2.